The number of alkyl halides is 2. The third-order valence-corrected chi connectivity index (χ3v) is 7.07. The fourth-order valence-electron chi connectivity index (χ4n) is 3.59. The van der Waals surface area contributed by atoms with Crippen molar-refractivity contribution in [1.82, 2.24) is 5.32 Å². The van der Waals surface area contributed by atoms with Crippen LogP contribution in [0.25, 0.3) is 0 Å². The van der Waals surface area contributed by atoms with Crippen LogP contribution in [0.5, 0.6) is 0 Å². The highest BCUT2D eigenvalue weighted by molar-refractivity contribution is 9.09. The van der Waals surface area contributed by atoms with E-state index in [0.717, 1.165) is 35.3 Å². The van der Waals surface area contributed by atoms with Gasteiger partial charge in [-0.05, 0) is 43.4 Å². The number of rotatable bonds is 6. The summed E-state index contributed by atoms with van der Waals surface area (Å²) in [5.41, 5.74) is -0.116. The topological polar surface area (TPSA) is 29.1 Å². The van der Waals surface area contributed by atoms with Crippen LogP contribution in [0.3, 0.4) is 0 Å². The molecular weight excluding hydrogens is 358 g/mol. The molecule has 1 N–H and O–H groups in total. The van der Waals surface area contributed by atoms with E-state index in [9.17, 15) is 4.79 Å². The molecule has 4 heteroatoms. The van der Waals surface area contributed by atoms with Gasteiger partial charge in [0.2, 0.25) is 5.91 Å². The van der Waals surface area contributed by atoms with Crippen LogP contribution in [-0.2, 0) is 4.79 Å². The van der Waals surface area contributed by atoms with Crippen LogP contribution < -0.4 is 5.32 Å². The molecule has 0 aromatic carbocycles. The lowest BCUT2D eigenvalue weighted by Gasteiger charge is -2.31. The molecule has 0 aromatic heterocycles. The average molecular weight is 381 g/mol. The van der Waals surface area contributed by atoms with Crippen molar-refractivity contribution < 1.29 is 4.79 Å². The lowest BCUT2D eigenvalue weighted by Crippen LogP contribution is -2.51. The molecule has 1 amide bonds. The molecular formula is C14H23Br2NO. The normalized spacial score (nSPS) is 30.7. The monoisotopic (exact) mass is 379 g/mol. The number of halogens is 2. The molecule has 18 heavy (non-hydrogen) atoms. The Morgan fingerprint density at radius 1 is 1.28 bits per heavy atom. The fourth-order valence-corrected chi connectivity index (χ4v) is 5.59. The Labute approximate surface area is 127 Å². The van der Waals surface area contributed by atoms with Gasteiger partial charge in [-0.2, -0.15) is 0 Å². The van der Waals surface area contributed by atoms with Crippen LogP contribution in [-0.4, -0.2) is 22.1 Å². The lowest BCUT2D eigenvalue weighted by atomic mass is 9.86. The van der Waals surface area contributed by atoms with Crippen LogP contribution in [0.1, 0.15) is 45.4 Å². The first-order valence-corrected chi connectivity index (χ1v) is 9.29. The summed E-state index contributed by atoms with van der Waals surface area (Å²) in [5.74, 6) is 2.66. The molecule has 0 aromatic rings. The van der Waals surface area contributed by atoms with E-state index >= 15 is 0 Å². The van der Waals surface area contributed by atoms with E-state index < -0.39 is 0 Å². The number of carbonyl (C=O) groups is 1. The Hall–Kier alpha value is 0.430. The minimum Gasteiger partial charge on any atom is -0.349 e. The van der Waals surface area contributed by atoms with Crippen LogP contribution >= 0.6 is 31.9 Å². The van der Waals surface area contributed by atoms with E-state index in [1.54, 1.807) is 0 Å². The summed E-state index contributed by atoms with van der Waals surface area (Å²) < 4.78 is 0. The molecule has 3 atom stereocenters. The van der Waals surface area contributed by atoms with E-state index in [0.29, 0.717) is 5.92 Å². The van der Waals surface area contributed by atoms with Gasteiger partial charge in [-0.1, -0.05) is 45.2 Å². The molecule has 2 rings (SSSR count). The molecule has 0 radical (unpaired) electrons. The summed E-state index contributed by atoms with van der Waals surface area (Å²) in [6.07, 6.45) is 7.13. The van der Waals surface area contributed by atoms with E-state index in [1.165, 1.54) is 25.7 Å². The Balaban J connectivity index is 1.85. The third kappa shape index (κ3) is 3.12. The van der Waals surface area contributed by atoms with Crippen molar-refractivity contribution in [3.8, 4) is 0 Å². The molecule has 3 unspecified atom stereocenters. The van der Waals surface area contributed by atoms with Gasteiger partial charge in [-0.15, -0.1) is 0 Å². The maximum atomic E-state index is 12.2. The third-order valence-electron chi connectivity index (χ3n) is 4.93. The largest absolute Gasteiger partial charge is 0.349 e. The van der Waals surface area contributed by atoms with Crippen molar-refractivity contribution in [3.05, 3.63) is 0 Å². The minimum atomic E-state index is -0.116. The SMILES string of the molecule is CCC(CBr)(CBr)NC(=O)CC1CC2CCC1C2. The van der Waals surface area contributed by atoms with Gasteiger partial charge in [0.05, 0.1) is 5.54 Å². The summed E-state index contributed by atoms with van der Waals surface area (Å²) in [5, 5.41) is 4.85. The quantitative estimate of drug-likeness (QED) is 0.696. The Morgan fingerprint density at radius 3 is 2.44 bits per heavy atom. The zero-order chi connectivity index (χ0) is 13.2. The van der Waals surface area contributed by atoms with E-state index in [2.05, 4.69) is 44.1 Å². The average Bonchev–Trinajstić information content (AvgIpc) is 2.98. The highest BCUT2D eigenvalue weighted by atomic mass is 79.9. The predicted molar refractivity (Wildman–Crippen MR) is 82.3 cm³/mol. The Morgan fingerprint density at radius 2 is 2.00 bits per heavy atom. The summed E-state index contributed by atoms with van der Waals surface area (Å²) in [7, 11) is 0. The van der Waals surface area contributed by atoms with Crippen molar-refractivity contribution in [2.75, 3.05) is 10.7 Å². The van der Waals surface area contributed by atoms with Gasteiger partial charge < -0.3 is 5.32 Å². The van der Waals surface area contributed by atoms with Crippen molar-refractivity contribution in [2.24, 2.45) is 17.8 Å². The molecule has 0 saturated heterocycles. The van der Waals surface area contributed by atoms with E-state index in [1.807, 2.05) is 0 Å². The van der Waals surface area contributed by atoms with Gasteiger partial charge in [-0.25, -0.2) is 0 Å². The molecule has 2 nitrogen and oxygen atoms in total. The van der Waals surface area contributed by atoms with Crippen molar-refractivity contribution in [3.63, 3.8) is 0 Å². The van der Waals surface area contributed by atoms with Gasteiger partial charge in [-0.3, -0.25) is 4.79 Å². The zero-order valence-corrected chi connectivity index (χ0v) is 14.2. The summed E-state index contributed by atoms with van der Waals surface area (Å²) in [6.45, 7) is 2.13. The van der Waals surface area contributed by atoms with Crippen LogP contribution in [0.15, 0.2) is 0 Å². The highest BCUT2D eigenvalue weighted by Gasteiger charge is 2.40. The van der Waals surface area contributed by atoms with E-state index in [-0.39, 0.29) is 11.4 Å². The molecule has 2 aliphatic rings. The summed E-state index contributed by atoms with van der Waals surface area (Å²) >= 11 is 7.04. The number of amides is 1. The zero-order valence-electron chi connectivity index (χ0n) is 11.1. The standard InChI is InChI=1S/C14H23Br2NO/c1-2-14(8-15,9-16)17-13(18)7-12-6-10-3-4-11(12)5-10/h10-12H,2-9H2,1H3,(H,17,18). The number of fused-ring (bicyclic) bond motifs is 2. The molecule has 0 spiro atoms. The second kappa shape index (κ2) is 6.25. The first-order chi connectivity index (χ1) is 8.62. The number of nitrogens with one attached hydrogen (secondary N) is 1. The van der Waals surface area contributed by atoms with Crippen molar-refractivity contribution in [1.29, 1.82) is 0 Å². The van der Waals surface area contributed by atoms with Gasteiger partial charge >= 0.3 is 0 Å². The smallest absolute Gasteiger partial charge is 0.220 e. The maximum absolute atomic E-state index is 12.2. The number of hydrogen-bond donors (Lipinski definition) is 1. The summed E-state index contributed by atoms with van der Waals surface area (Å²) in [6, 6.07) is 0. The second-order valence-electron chi connectivity index (χ2n) is 6.09. The van der Waals surface area contributed by atoms with Crippen LogP contribution in [0.4, 0.5) is 0 Å². The van der Waals surface area contributed by atoms with Crippen LogP contribution in [0.2, 0.25) is 0 Å². The predicted octanol–water partition coefficient (Wildman–Crippen LogP) is 3.87. The first-order valence-electron chi connectivity index (χ1n) is 7.05. The highest BCUT2D eigenvalue weighted by Crippen LogP contribution is 2.49. The van der Waals surface area contributed by atoms with Gasteiger partial charge in [0.25, 0.3) is 0 Å². The second-order valence-corrected chi connectivity index (χ2v) is 7.21. The Bertz CT molecular complexity index is 296. The molecule has 2 fully saturated rings. The molecule has 104 valence electrons. The number of carbonyl (C=O) groups excluding carboxylic acids is 1. The van der Waals surface area contributed by atoms with Gasteiger partial charge in [0, 0.05) is 17.1 Å². The van der Waals surface area contributed by atoms with Crippen molar-refractivity contribution >= 4 is 37.8 Å². The lowest BCUT2D eigenvalue weighted by molar-refractivity contribution is -0.123. The molecule has 2 saturated carbocycles. The minimum absolute atomic E-state index is 0.116. The maximum Gasteiger partial charge on any atom is 0.220 e. The molecule has 0 aliphatic heterocycles. The van der Waals surface area contributed by atoms with Gasteiger partial charge in [0.15, 0.2) is 0 Å². The molecule has 2 aliphatic carbocycles. The van der Waals surface area contributed by atoms with Crippen LogP contribution in [0, 0.1) is 17.8 Å². The molecule has 0 heterocycles. The van der Waals surface area contributed by atoms with Crippen molar-refractivity contribution in [2.45, 2.75) is 51.0 Å². The fraction of sp³-hybridized carbons (Fsp3) is 0.929. The summed E-state index contributed by atoms with van der Waals surface area (Å²) in [4.78, 5) is 12.2. The van der Waals surface area contributed by atoms with E-state index in [4.69, 9.17) is 0 Å². The number of hydrogen-bond acceptors (Lipinski definition) is 1. The molecule has 2 bridgehead atoms. The first kappa shape index (κ1) is 14.8. The van der Waals surface area contributed by atoms with Gasteiger partial charge in [0.1, 0.15) is 0 Å². The Kier molecular flexibility index (Phi) is 5.15.